The van der Waals surface area contributed by atoms with Gasteiger partial charge in [0, 0.05) is 17.0 Å². The van der Waals surface area contributed by atoms with E-state index in [9.17, 15) is 10.1 Å². The van der Waals surface area contributed by atoms with Gasteiger partial charge in [-0.2, -0.15) is 0 Å². The van der Waals surface area contributed by atoms with Crippen LogP contribution in [0.4, 0.5) is 5.00 Å². The predicted molar refractivity (Wildman–Crippen MR) is 52.7 cm³/mol. The van der Waals surface area contributed by atoms with Crippen molar-refractivity contribution in [3.05, 3.63) is 39.8 Å². The molecule has 0 unspecified atom stereocenters. The maximum absolute atomic E-state index is 10.3. The Bertz CT molecular complexity index is 322. The number of nitrogens with zero attached hydrogens (tertiary/aromatic N) is 1. The molecule has 0 aromatic carbocycles. The molecule has 1 atom stereocenters. The highest BCUT2D eigenvalue weighted by atomic mass is 32.1. The smallest absolute Gasteiger partial charge is 0.323 e. The Morgan fingerprint density at radius 3 is 2.92 bits per heavy atom. The molecule has 70 valence electrons. The van der Waals surface area contributed by atoms with Crippen molar-refractivity contribution in [1.29, 1.82) is 0 Å². The minimum Gasteiger partial charge on any atom is -0.323 e. The summed E-state index contributed by atoms with van der Waals surface area (Å²) in [7, 11) is 0. The minimum atomic E-state index is -0.408. The summed E-state index contributed by atoms with van der Waals surface area (Å²) in [4.78, 5) is 10.8. The van der Waals surface area contributed by atoms with E-state index in [1.807, 2.05) is 0 Å². The van der Waals surface area contributed by atoms with Crippen molar-refractivity contribution in [2.24, 2.45) is 5.73 Å². The van der Waals surface area contributed by atoms with Gasteiger partial charge in [-0.1, -0.05) is 17.4 Å². The summed E-state index contributed by atoms with van der Waals surface area (Å²) >= 11 is 1.12. The highest BCUT2D eigenvalue weighted by Gasteiger charge is 2.13. The molecular formula is C8H10N2O2S. The average molecular weight is 198 g/mol. The number of rotatable bonds is 4. The first kappa shape index (κ1) is 9.88. The second-order valence-electron chi connectivity index (χ2n) is 2.56. The fourth-order valence-electron chi connectivity index (χ4n) is 0.935. The Hall–Kier alpha value is -1.20. The third-order valence-corrected chi connectivity index (χ3v) is 2.75. The van der Waals surface area contributed by atoms with E-state index in [2.05, 4.69) is 6.58 Å². The molecule has 2 N–H and O–H groups in total. The summed E-state index contributed by atoms with van der Waals surface area (Å²) in [5.41, 5.74) is 5.74. The number of nitrogens with two attached hydrogens (primary N) is 1. The second-order valence-corrected chi connectivity index (χ2v) is 3.66. The van der Waals surface area contributed by atoms with Crippen molar-refractivity contribution < 1.29 is 4.92 Å². The molecule has 0 aliphatic carbocycles. The first-order chi connectivity index (χ1) is 6.15. The Kier molecular flexibility index (Phi) is 3.16. The molecule has 0 saturated heterocycles. The zero-order chi connectivity index (χ0) is 9.84. The Labute approximate surface area is 79.8 Å². The number of hydrogen-bond donors (Lipinski definition) is 1. The van der Waals surface area contributed by atoms with Crippen LogP contribution in [0.15, 0.2) is 24.8 Å². The third-order valence-electron chi connectivity index (χ3n) is 1.58. The number of thiophene rings is 1. The van der Waals surface area contributed by atoms with Gasteiger partial charge in [0.05, 0.1) is 4.92 Å². The second kappa shape index (κ2) is 4.15. The molecule has 0 radical (unpaired) electrons. The van der Waals surface area contributed by atoms with Gasteiger partial charge in [-0.3, -0.25) is 10.1 Å². The van der Waals surface area contributed by atoms with Crippen LogP contribution >= 0.6 is 11.3 Å². The lowest BCUT2D eigenvalue weighted by atomic mass is 10.2. The molecule has 4 nitrogen and oxygen atoms in total. The zero-order valence-electron chi connectivity index (χ0n) is 6.97. The quantitative estimate of drug-likeness (QED) is 0.458. The van der Waals surface area contributed by atoms with E-state index in [-0.39, 0.29) is 11.0 Å². The third kappa shape index (κ3) is 2.37. The summed E-state index contributed by atoms with van der Waals surface area (Å²) in [6, 6.07) is 3.00. The minimum absolute atomic E-state index is 0.134. The summed E-state index contributed by atoms with van der Waals surface area (Å²) in [6.07, 6.45) is 2.34. The molecule has 1 aromatic rings. The van der Waals surface area contributed by atoms with Crippen molar-refractivity contribution in [1.82, 2.24) is 0 Å². The van der Waals surface area contributed by atoms with Crippen LogP contribution < -0.4 is 5.73 Å². The Balaban J connectivity index is 2.78. The predicted octanol–water partition coefficient (Wildman–Crippen LogP) is 2.23. The van der Waals surface area contributed by atoms with Gasteiger partial charge < -0.3 is 5.73 Å². The lowest BCUT2D eigenvalue weighted by Crippen LogP contribution is -2.06. The highest BCUT2D eigenvalue weighted by molar-refractivity contribution is 7.15. The molecule has 1 rings (SSSR count). The van der Waals surface area contributed by atoms with E-state index in [1.165, 1.54) is 6.07 Å². The summed E-state index contributed by atoms with van der Waals surface area (Å²) in [6.45, 7) is 3.56. The largest absolute Gasteiger partial charge is 0.324 e. The van der Waals surface area contributed by atoms with Crippen LogP contribution in [0.5, 0.6) is 0 Å². The van der Waals surface area contributed by atoms with E-state index in [4.69, 9.17) is 5.73 Å². The van der Waals surface area contributed by atoms with Crippen LogP contribution in [0.2, 0.25) is 0 Å². The van der Waals surface area contributed by atoms with Crippen molar-refractivity contribution in [3.63, 3.8) is 0 Å². The monoisotopic (exact) mass is 198 g/mol. The van der Waals surface area contributed by atoms with Gasteiger partial charge in [0.2, 0.25) is 0 Å². The molecule has 0 spiro atoms. The van der Waals surface area contributed by atoms with E-state index >= 15 is 0 Å². The molecule has 1 heterocycles. The lowest BCUT2D eigenvalue weighted by molar-refractivity contribution is -0.380. The molecule has 0 saturated carbocycles. The first-order valence-corrected chi connectivity index (χ1v) is 4.57. The average Bonchev–Trinajstić information content (AvgIpc) is 2.52. The fourth-order valence-corrected chi connectivity index (χ4v) is 1.77. The SMILES string of the molecule is C=CC[C@H](N)c1ccc([N+](=O)[O-])s1. The molecular weight excluding hydrogens is 188 g/mol. The summed E-state index contributed by atoms with van der Waals surface area (Å²) in [5, 5.41) is 10.5. The van der Waals surface area contributed by atoms with Gasteiger partial charge in [-0.25, -0.2) is 0 Å². The first-order valence-electron chi connectivity index (χ1n) is 3.75. The van der Waals surface area contributed by atoms with E-state index < -0.39 is 4.92 Å². The molecule has 0 aliphatic rings. The van der Waals surface area contributed by atoms with E-state index in [0.717, 1.165) is 16.2 Å². The maximum Gasteiger partial charge on any atom is 0.324 e. The van der Waals surface area contributed by atoms with Crippen LogP contribution in [0.3, 0.4) is 0 Å². The van der Waals surface area contributed by atoms with Gasteiger partial charge in [-0.15, -0.1) is 6.58 Å². The van der Waals surface area contributed by atoms with Crippen molar-refractivity contribution in [2.75, 3.05) is 0 Å². The van der Waals surface area contributed by atoms with Gasteiger partial charge in [0.25, 0.3) is 0 Å². The maximum atomic E-state index is 10.3. The molecule has 1 aromatic heterocycles. The van der Waals surface area contributed by atoms with Crippen LogP contribution in [-0.4, -0.2) is 4.92 Å². The van der Waals surface area contributed by atoms with Crippen molar-refractivity contribution in [2.45, 2.75) is 12.5 Å². The summed E-state index contributed by atoms with van der Waals surface area (Å²) in [5.74, 6) is 0. The Morgan fingerprint density at radius 1 is 1.77 bits per heavy atom. The number of hydrogen-bond acceptors (Lipinski definition) is 4. The number of nitro groups is 1. The zero-order valence-corrected chi connectivity index (χ0v) is 7.79. The normalized spacial score (nSPS) is 12.4. The van der Waals surface area contributed by atoms with Crippen LogP contribution in [0.25, 0.3) is 0 Å². The van der Waals surface area contributed by atoms with Crippen LogP contribution in [-0.2, 0) is 0 Å². The van der Waals surface area contributed by atoms with Gasteiger partial charge in [-0.05, 0) is 12.5 Å². The molecule has 0 aliphatic heterocycles. The molecule has 0 amide bonds. The lowest BCUT2D eigenvalue weighted by Gasteiger charge is -2.03. The van der Waals surface area contributed by atoms with Gasteiger partial charge >= 0.3 is 5.00 Å². The standard InChI is InChI=1S/C8H10N2O2S/c1-2-3-6(9)7-4-5-8(13-7)10(11)12/h2,4-6H,1,3,9H2/t6-/m0/s1. The van der Waals surface area contributed by atoms with Crippen LogP contribution in [0.1, 0.15) is 17.3 Å². The van der Waals surface area contributed by atoms with E-state index in [1.54, 1.807) is 12.1 Å². The molecule has 5 heteroatoms. The van der Waals surface area contributed by atoms with Crippen molar-refractivity contribution in [3.8, 4) is 0 Å². The van der Waals surface area contributed by atoms with Crippen LogP contribution in [0, 0.1) is 10.1 Å². The van der Waals surface area contributed by atoms with Gasteiger partial charge in [0.15, 0.2) is 0 Å². The van der Waals surface area contributed by atoms with Crippen molar-refractivity contribution >= 4 is 16.3 Å². The topological polar surface area (TPSA) is 69.2 Å². The molecule has 0 fully saturated rings. The van der Waals surface area contributed by atoms with Gasteiger partial charge in [0.1, 0.15) is 0 Å². The fraction of sp³-hybridized carbons (Fsp3) is 0.250. The van der Waals surface area contributed by atoms with E-state index in [0.29, 0.717) is 6.42 Å². The molecule has 13 heavy (non-hydrogen) atoms. The Morgan fingerprint density at radius 2 is 2.46 bits per heavy atom. The summed E-state index contributed by atoms with van der Waals surface area (Å²) < 4.78 is 0. The highest BCUT2D eigenvalue weighted by Crippen LogP contribution is 2.28. The molecule has 0 bridgehead atoms.